The van der Waals surface area contributed by atoms with Gasteiger partial charge >= 0.3 is 5.97 Å². The number of hydrogen-bond donors (Lipinski definition) is 1. The van der Waals surface area contributed by atoms with E-state index in [0.29, 0.717) is 23.7 Å². The van der Waals surface area contributed by atoms with Gasteiger partial charge in [-0.1, -0.05) is 26.0 Å². The molecular weight excluding hydrogens is 308 g/mol. The Hall–Kier alpha value is -2.37. The van der Waals surface area contributed by atoms with Crippen LogP contribution in [0, 0.1) is 5.92 Å². The maximum atomic E-state index is 12.6. The number of carbonyl (C=O) groups is 3. The Balaban J connectivity index is 2.07. The second-order valence-electron chi connectivity index (χ2n) is 6.48. The highest BCUT2D eigenvalue weighted by molar-refractivity contribution is 6.05. The summed E-state index contributed by atoms with van der Waals surface area (Å²) in [5, 5.41) is 2.79. The molecule has 1 atom stereocenters. The van der Waals surface area contributed by atoms with E-state index in [2.05, 4.69) is 5.32 Å². The van der Waals surface area contributed by atoms with E-state index >= 15 is 0 Å². The molecule has 0 radical (unpaired) electrons. The highest BCUT2D eigenvalue weighted by atomic mass is 16.5. The normalized spacial score (nSPS) is 17.1. The standard InChI is InChI=1S/C18H24N2O4/c1-12(2)8-9-18(23)24-11-17(22)20-13(3)10-16(21)19-14-6-4-5-7-15(14)20/h4-7,12-13H,8-11H2,1-3H3,(H,19,21)/t13-/m0/s1. The zero-order chi connectivity index (χ0) is 17.7. The van der Waals surface area contributed by atoms with E-state index in [0.717, 1.165) is 6.42 Å². The predicted molar refractivity (Wildman–Crippen MR) is 91.7 cm³/mol. The third-order valence-corrected chi connectivity index (χ3v) is 3.91. The fourth-order valence-electron chi connectivity index (χ4n) is 2.66. The number of nitrogens with zero attached hydrogens (tertiary/aromatic N) is 1. The molecule has 6 nitrogen and oxygen atoms in total. The lowest BCUT2D eigenvalue weighted by Crippen LogP contribution is -2.41. The maximum absolute atomic E-state index is 12.6. The van der Waals surface area contributed by atoms with Gasteiger partial charge in [-0.3, -0.25) is 14.4 Å². The summed E-state index contributed by atoms with van der Waals surface area (Å²) in [6, 6.07) is 6.81. The number of ether oxygens (including phenoxy) is 1. The maximum Gasteiger partial charge on any atom is 0.306 e. The van der Waals surface area contributed by atoms with Gasteiger partial charge in [-0.25, -0.2) is 0 Å². The summed E-state index contributed by atoms with van der Waals surface area (Å²) < 4.78 is 5.10. The molecule has 0 unspecified atom stereocenters. The van der Waals surface area contributed by atoms with Crippen molar-refractivity contribution in [3.8, 4) is 0 Å². The smallest absolute Gasteiger partial charge is 0.306 e. The monoisotopic (exact) mass is 332 g/mol. The first kappa shape index (κ1) is 18.0. The minimum Gasteiger partial charge on any atom is -0.456 e. The third-order valence-electron chi connectivity index (χ3n) is 3.91. The summed E-state index contributed by atoms with van der Waals surface area (Å²) >= 11 is 0. The quantitative estimate of drug-likeness (QED) is 0.841. The van der Waals surface area contributed by atoms with E-state index < -0.39 is 0 Å². The van der Waals surface area contributed by atoms with Gasteiger partial charge in [0.15, 0.2) is 6.61 Å². The summed E-state index contributed by atoms with van der Waals surface area (Å²) in [4.78, 5) is 37.7. The van der Waals surface area contributed by atoms with Gasteiger partial charge in [0.25, 0.3) is 5.91 Å². The molecule has 0 fully saturated rings. The largest absolute Gasteiger partial charge is 0.456 e. The Morgan fingerprint density at radius 1 is 1.33 bits per heavy atom. The van der Waals surface area contributed by atoms with Gasteiger partial charge in [0.1, 0.15) is 0 Å². The van der Waals surface area contributed by atoms with Crippen LogP contribution < -0.4 is 10.2 Å². The first-order chi connectivity index (χ1) is 11.4. The van der Waals surface area contributed by atoms with E-state index in [1.54, 1.807) is 31.2 Å². The first-order valence-electron chi connectivity index (χ1n) is 8.25. The highest BCUT2D eigenvalue weighted by Crippen LogP contribution is 2.31. The minimum absolute atomic E-state index is 0.140. The molecule has 0 saturated carbocycles. The van der Waals surface area contributed by atoms with Crippen molar-refractivity contribution < 1.29 is 19.1 Å². The van der Waals surface area contributed by atoms with Crippen LogP contribution in [-0.2, 0) is 19.1 Å². The van der Waals surface area contributed by atoms with Crippen molar-refractivity contribution in [1.29, 1.82) is 0 Å². The van der Waals surface area contributed by atoms with E-state index in [1.165, 1.54) is 4.90 Å². The molecule has 2 amide bonds. The molecule has 1 aromatic rings. The molecule has 1 aliphatic rings. The molecule has 0 aromatic heterocycles. The van der Waals surface area contributed by atoms with Gasteiger partial charge in [0, 0.05) is 18.9 Å². The van der Waals surface area contributed by atoms with Crippen LogP contribution in [0.3, 0.4) is 0 Å². The van der Waals surface area contributed by atoms with Gasteiger partial charge in [-0.2, -0.15) is 0 Å². The van der Waals surface area contributed by atoms with Gasteiger partial charge in [-0.15, -0.1) is 0 Å². The number of carbonyl (C=O) groups excluding carboxylic acids is 3. The molecule has 0 spiro atoms. The van der Waals surface area contributed by atoms with E-state index in [1.807, 2.05) is 13.8 Å². The van der Waals surface area contributed by atoms with Gasteiger partial charge in [0.2, 0.25) is 5.91 Å². The lowest BCUT2D eigenvalue weighted by molar-refractivity contribution is -0.148. The average Bonchev–Trinajstić information content (AvgIpc) is 2.64. The molecule has 2 rings (SSSR count). The average molecular weight is 332 g/mol. The number of hydrogen-bond acceptors (Lipinski definition) is 4. The molecule has 1 heterocycles. The number of para-hydroxylation sites is 2. The molecule has 1 aromatic carbocycles. The van der Waals surface area contributed by atoms with Crippen molar-refractivity contribution in [2.45, 2.75) is 46.1 Å². The predicted octanol–water partition coefficient (Wildman–Crippen LogP) is 2.73. The zero-order valence-electron chi connectivity index (χ0n) is 14.4. The SMILES string of the molecule is CC(C)CCC(=O)OCC(=O)N1c2ccccc2NC(=O)C[C@@H]1C. The Kier molecular flexibility index (Phi) is 5.95. The van der Waals surface area contributed by atoms with E-state index in [4.69, 9.17) is 4.74 Å². The lowest BCUT2D eigenvalue weighted by Gasteiger charge is -2.27. The van der Waals surface area contributed by atoms with E-state index in [9.17, 15) is 14.4 Å². The fourth-order valence-corrected chi connectivity index (χ4v) is 2.66. The molecule has 130 valence electrons. The Bertz CT molecular complexity index is 627. The Labute approximate surface area is 142 Å². The zero-order valence-corrected chi connectivity index (χ0v) is 14.4. The van der Waals surface area contributed by atoms with E-state index in [-0.39, 0.29) is 36.9 Å². The van der Waals surface area contributed by atoms with Crippen LogP contribution in [0.5, 0.6) is 0 Å². The number of esters is 1. The molecule has 0 saturated heterocycles. The minimum atomic E-state index is -0.373. The molecule has 0 bridgehead atoms. The summed E-state index contributed by atoms with van der Waals surface area (Å²) in [6.07, 6.45) is 1.23. The molecule has 0 aliphatic carbocycles. The number of amides is 2. The van der Waals surface area contributed by atoms with Crippen LogP contribution in [0.2, 0.25) is 0 Å². The molecule has 24 heavy (non-hydrogen) atoms. The van der Waals surface area contributed by atoms with Crippen molar-refractivity contribution in [2.24, 2.45) is 5.92 Å². The van der Waals surface area contributed by atoms with Crippen molar-refractivity contribution in [3.63, 3.8) is 0 Å². The van der Waals surface area contributed by atoms with Crippen LogP contribution in [0.4, 0.5) is 11.4 Å². The second kappa shape index (κ2) is 7.95. The first-order valence-corrected chi connectivity index (χ1v) is 8.25. The third kappa shape index (κ3) is 4.57. The van der Waals surface area contributed by atoms with Gasteiger partial charge in [0.05, 0.1) is 11.4 Å². The Morgan fingerprint density at radius 3 is 2.75 bits per heavy atom. The number of nitrogens with one attached hydrogen (secondary N) is 1. The second-order valence-corrected chi connectivity index (χ2v) is 6.48. The lowest BCUT2D eigenvalue weighted by atomic mass is 10.1. The van der Waals surface area contributed by atoms with Crippen molar-refractivity contribution in [2.75, 3.05) is 16.8 Å². The fraction of sp³-hybridized carbons (Fsp3) is 0.500. The van der Waals surface area contributed by atoms with Crippen molar-refractivity contribution >= 4 is 29.2 Å². The summed E-state index contributed by atoms with van der Waals surface area (Å²) in [5.74, 6) is -0.437. The van der Waals surface area contributed by atoms with Crippen LogP contribution in [0.1, 0.15) is 40.0 Å². The highest BCUT2D eigenvalue weighted by Gasteiger charge is 2.29. The van der Waals surface area contributed by atoms with Gasteiger partial charge in [-0.05, 0) is 31.4 Å². The molecule has 1 aliphatic heterocycles. The van der Waals surface area contributed by atoms with Crippen LogP contribution in [0.25, 0.3) is 0 Å². The number of rotatable bonds is 5. The number of anilines is 2. The topological polar surface area (TPSA) is 75.7 Å². The van der Waals surface area contributed by atoms with Crippen molar-refractivity contribution in [3.05, 3.63) is 24.3 Å². The van der Waals surface area contributed by atoms with Crippen LogP contribution in [-0.4, -0.2) is 30.4 Å². The molecule has 1 N–H and O–H groups in total. The van der Waals surface area contributed by atoms with Gasteiger partial charge < -0.3 is 15.0 Å². The summed E-state index contributed by atoms with van der Waals surface area (Å²) in [7, 11) is 0. The van der Waals surface area contributed by atoms with Crippen LogP contribution >= 0.6 is 0 Å². The number of fused-ring (bicyclic) bond motifs is 1. The molecule has 6 heteroatoms. The Morgan fingerprint density at radius 2 is 2.04 bits per heavy atom. The summed E-state index contributed by atoms with van der Waals surface area (Å²) in [5.41, 5.74) is 1.21. The number of benzene rings is 1. The van der Waals surface area contributed by atoms with Crippen LogP contribution in [0.15, 0.2) is 24.3 Å². The van der Waals surface area contributed by atoms with Crippen molar-refractivity contribution in [1.82, 2.24) is 0 Å². The molecular formula is C18H24N2O4. The summed E-state index contributed by atoms with van der Waals surface area (Å²) in [6.45, 7) is 5.54.